The predicted molar refractivity (Wildman–Crippen MR) is 85.0 cm³/mol. The Morgan fingerprint density at radius 1 is 1.50 bits per heavy atom. The van der Waals surface area contributed by atoms with E-state index in [1.807, 2.05) is 26.0 Å². The van der Waals surface area contributed by atoms with Gasteiger partial charge in [0.2, 0.25) is 0 Å². The van der Waals surface area contributed by atoms with E-state index >= 15 is 0 Å². The fourth-order valence-corrected chi connectivity index (χ4v) is 2.78. The van der Waals surface area contributed by atoms with Gasteiger partial charge in [-0.2, -0.15) is 0 Å². The second kappa shape index (κ2) is 6.24. The molecular formula is C14H16ClN3OS. The van der Waals surface area contributed by atoms with Crippen molar-refractivity contribution in [3.05, 3.63) is 34.2 Å². The molecule has 0 radical (unpaired) electrons. The summed E-state index contributed by atoms with van der Waals surface area (Å²) in [7, 11) is 0. The highest BCUT2D eigenvalue weighted by molar-refractivity contribution is 7.18. The standard InChI is InChI=1S/C14H16ClN3OS/c1-8(2)6-11(19)12-13(16)18-14(20-12)17-10-5-3-4-9(15)7-10/h3-5,7-8H,6,16H2,1-2H3,(H,17,18). The van der Waals surface area contributed by atoms with Crippen molar-refractivity contribution in [1.82, 2.24) is 4.98 Å². The quantitative estimate of drug-likeness (QED) is 0.806. The lowest BCUT2D eigenvalue weighted by Gasteiger charge is -2.02. The van der Waals surface area contributed by atoms with Crippen molar-refractivity contribution in [2.24, 2.45) is 5.92 Å². The van der Waals surface area contributed by atoms with Gasteiger partial charge < -0.3 is 11.1 Å². The topological polar surface area (TPSA) is 68.0 Å². The van der Waals surface area contributed by atoms with Crippen LogP contribution in [0.15, 0.2) is 24.3 Å². The number of nitrogens with one attached hydrogen (secondary N) is 1. The van der Waals surface area contributed by atoms with Crippen molar-refractivity contribution in [3.63, 3.8) is 0 Å². The van der Waals surface area contributed by atoms with E-state index in [9.17, 15) is 4.79 Å². The number of benzene rings is 1. The molecule has 0 saturated heterocycles. The van der Waals surface area contributed by atoms with Crippen molar-refractivity contribution >= 4 is 45.4 Å². The van der Waals surface area contributed by atoms with Crippen LogP contribution < -0.4 is 11.1 Å². The molecule has 0 spiro atoms. The number of rotatable bonds is 5. The Kier molecular flexibility index (Phi) is 4.62. The van der Waals surface area contributed by atoms with Gasteiger partial charge in [-0.1, -0.05) is 42.9 Å². The van der Waals surface area contributed by atoms with Gasteiger partial charge >= 0.3 is 0 Å². The number of Topliss-reactive ketones (excluding diaryl/α,β-unsaturated/α-hetero) is 1. The van der Waals surface area contributed by atoms with E-state index in [4.69, 9.17) is 17.3 Å². The zero-order valence-electron chi connectivity index (χ0n) is 11.3. The largest absolute Gasteiger partial charge is 0.382 e. The van der Waals surface area contributed by atoms with Gasteiger partial charge in [0.05, 0.1) is 0 Å². The molecule has 0 saturated carbocycles. The number of halogens is 1. The molecule has 0 aliphatic heterocycles. The van der Waals surface area contributed by atoms with Gasteiger partial charge in [-0.15, -0.1) is 0 Å². The average molecular weight is 310 g/mol. The van der Waals surface area contributed by atoms with E-state index in [1.165, 1.54) is 11.3 Å². The van der Waals surface area contributed by atoms with E-state index in [1.54, 1.807) is 12.1 Å². The van der Waals surface area contributed by atoms with Crippen LogP contribution in [0.3, 0.4) is 0 Å². The number of nitrogens with zero attached hydrogens (tertiary/aromatic N) is 1. The Labute approximate surface area is 127 Å². The number of nitrogen functional groups attached to an aromatic ring is 1. The Morgan fingerprint density at radius 2 is 2.25 bits per heavy atom. The maximum Gasteiger partial charge on any atom is 0.189 e. The van der Waals surface area contributed by atoms with Crippen LogP contribution in [0.2, 0.25) is 5.02 Å². The van der Waals surface area contributed by atoms with Crippen LogP contribution in [-0.4, -0.2) is 10.8 Å². The summed E-state index contributed by atoms with van der Waals surface area (Å²) in [5, 5.41) is 4.33. The number of hydrogen-bond acceptors (Lipinski definition) is 5. The Balaban J connectivity index is 2.17. The lowest BCUT2D eigenvalue weighted by atomic mass is 10.1. The molecule has 0 aliphatic rings. The first-order chi connectivity index (χ1) is 9.45. The van der Waals surface area contributed by atoms with Crippen LogP contribution in [-0.2, 0) is 0 Å². The van der Waals surface area contributed by atoms with Crippen molar-refractivity contribution in [3.8, 4) is 0 Å². The maximum atomic E-state index is 12.0. The number of nitrogens with two attached hydrogens (primary N) is 1. The zero-order valence-corrected chi connectivity index (χ0v) is 12.9. The van der Waals surface area contributed by atoms with Gasteiger partial charge in [0, 0.05) is 17.1 Å². The van der Waals surface area contributed by atoms with Crippen molar-refractivity contribution in [1.29, 1.82) is 0 Å². The number of aromatic nitrogens is 1. The molecule has 3 N–H and O–H groups in total. The summed E-state index contributed by atoms with van der Waals surface area (Å²) in [6.07, 6.45) is 0.475. The molecule has 1 heterocycles. The Hall–Kier alpha value is -1.59. The molecule has 4 nitrogen and oxygen atoms in total. The molecule has 20 heavy (non-hydrogen) atoms. The second-order valence-corrected chi connectivity index (χ2v) is 6.33. The fourth-order valence-electron chi connectivity index (χ4n) is 1.74. The summed E-state index contributed by atoms with van der Waals surface area (Å²) in [4.78, 5) is 16.7. The third-order valence-electron chi connectivity index (χ3n) is 2.58. The zero-order chi connectivity index (χ0) is 14.7. The van der Waals surface area contributed by atoms with Crippen molar-refractivity contribution in [2.45, 2.75) is 20.3 Å². The summed E-state index contributed by atoms with van der Waals surface area (Å²) in [5.74, 6) is 0.618. The number of ketones is 1. The van der Waals surface area contributed by atoms with Gasteiger partial charge in [0.25, 0.3) is 0 Å². The molecule has 0 unspecified atom stereocenters. The van der Waals surface area contributed by atoms with E-state index in [-0.39, 0.29) is 11.6 Å². The first-order valence-corrected chi connectivity index (χ1v) is 7.47. The van der Waals surface area contributed by atoms with Crippen LogP contribution in [0.4, 0.5) is 16.6 Å². The third-order valence-corrected chi connectivity index (χ3v) is 3.84. The second-order valence-electron chi connectivity index (χ2n) is 4.89. The van der Waals surface area contributed by atoms with E-state index in [0.29, 0.717) is 27.4 Å². The first kappa shape index (κ1) is 14.8. The maximum absolute atomic E-state index is 12.0. The summed E-state index contributed by atoms with van der Waals surface area (Å²) in [6.45, 7) is 4.00. The van der Waals surface area contributed by atoms with E-state index in [0.717, 1.165) is 5.69 Å². The highest BCUT2D eigenvalue weighted by Gasteiger charge is 2.17. The van der Waals surface area contributed by atoms with Crippen LogP contribution in [0.1, 0.15) is 29.9 Å². The van der Waals surface area contributed by atoms with Crippen LogP contribution in [0.5, 0.6) is 0 Å². The minimum Gasteiger partial charge on any atom is -0.382 e. The van der Waals surface area contributed by atoms with Gasteiger partial charge in [-0.25, -0.2) is 4.98 Å². The molecule has 0 bridgehead atoms. The van der Waals surface area contributed by atoms with Crippen molar-refractivity contribution < 1.29 is 4.79 Å². The smallest absolute Gasteiger partial charge is 0.189 e. The van der Waals surface area contributed by atoms with Crippen LogP contribution >= 0.6 is 22.9 Å². The number of carbonyl (C=O) groups is 1. The van der Waals surface area contributed by atoms with Crippen LogP contribution in [0.25, 0.3) is 0 Å². The number of carbonyl (C=O) groups excluding carboxylic acids is 1. The van der Waals surface area contributed by atoms with Gasteiger partial charge in [0.15, 0.2) is 10.9 Å². The van der Waals surface area contributed by atoms with Crippen LogP contribution in [0, 0.1) is 5.92 Å². The predicted octanol–water partition coefficient (Wildman–Crippen LogP) is 4.35. The summed E-state index contributed by atoms with van der Waals surface area (Å²) in [6, 6.07) is 7.29. The Morgan fingerprint density at radius 3 is 2.90 bits per heavy atom. The van der Waals surface area contributed by atoms with Crippen molar-refractivity contribution in [2.75, 3.05) is 11.1 Å². The van der Waals surface area contributed by atoms with E-state index in [2.05, 4.69) is 10.3 Å². The molecule has 1 aromatic carbocycles. The minimum absolute atomic E-state index is 0.0362. The molecule has 0 aliphatic carbocycles. The molecule has 0 atom stereocenters. The van der Waals surface area contributed by atoms with E-state index < -0.39 is 0 Å². The molecule has 1 aromatic heterocycles. The number of thiazole rings is 1. The minimum atomic E-state index is 0.0362. The molecule has 106 valence electrons. The molecule has 0 fully saturated rings. The highest BCUT2D eigenvalue weighted by Crippen LogP contribution is 2.30. The fraction of sp³-hybridized carbons (Fsp3) is 0.286. The summed E-state index contributed by atoms with van der Waals surface area (Å²) < 4.78 is 0. The molecular weight excluding hydrogens is 294 g/mol. The van der Waals surface area contributed by atoms with Gasteiger partial charge in [0.1, 0.15) is 10.7 Å². The third kappa shape index (κ3) is 3.71. The first-order valence-electron chi connectivity index (χ1n) is 6.28. The summed E-state index contributed by atoms with van der Waals surface area (Å²) in [5.41, 5.74) is 6.63. The highest BCUT2D eigenvalue weighted by atomic mass is 35.5. The SMILES string of the molecule is CC(C)CC(=O)c1sc(Nc2cccc(Cl)c2)nc1N. The lowest BCUT2D eigenvalue weighted by Crippen LogP contribution is -2.04. The number of anilines is 3. The molecule has 6 heteroatoms. The monoisotopic (exact) mass is 309 g/mol. The normalized spacial score (nSPS) is 10.8. The molecule has 2 aromatic rings. The number of hydrogen-bond donors (Lipinski definition) is 2. The van der Waals surface area contributed by atoms with Gasteiger partial charge in [-0.05, 0) is 24.1 Å². The van der Waals surface area contributed by atoms with Gasteiger partial charge in [-0.3, -0.25) is 4.79 Å². The lowest BCUT2D eigenvalue weighted by molar-refractivity contribution is 0.0972. The molecule has 2 rings (SSSR count). The summed E-state index contributed by atoms with van der Waals surface area (Å²) >= 11 is 7.19. The average Bonchev–Trinajstić information content (AvgIpc) is 2.69. The Bertz CT molecular complexity index is 625. The molecule has 0 amide bonds.